The Bertz CT molecular complexity index is 913. The zero-order chi connectivity index (χ0) is 18.6. The predicted molar refractivity (Wildman–Crippen MR) is 100 cm³/mol. The number of nitrogens with zero attached hydrogens (tertiary/aromatic N) is 2. The van der Waals surface area contributed by atoms with Crippen molar-refractivity contribution >= 4 is 5.91 Å². The predicted octanol–water partition coefficient (Wildman–Crippen LogP) is 3.13. The number of fused-ring (bicyclic) bond motifs is 1. The van der Waals surface area contributed by atoms with Crippen molar-refractivity contribution in [3.05, 3.63) is 83.1 Å². The minimum atomic E-state index is -0.304. The molecule has 1 aliphatic rings. The van der Waals surface area contributed by atoms with Gasteiger partial charge in [0.2, 0.25) is 0 Å². The van der Waals surface area contributed by atoms with Crippen molar-refractivity contribution in [2.24, 2.45) is 0 Å². The van der Waals surface area contributed by atoms with Crippen LogP contribution in [0.2, 0.25) is 0 Å². The number of rotatable bonds is 6. The van der Waals surface area contributed by atoms with Gasteiger partial charge in [0.1, 0.15) is 11.5 Å². The third kappa shape index (κ3) is 4.01. The van der Waals surface area contributed by atoms with Crippen LogP contribution in [0, 0.1) is 0 Å². The average molecular weight is 363 g/mol. The van der Waals surface area contributed by atoms with Gasteiger partial charge < -0.3 is 14.5 Å². The van der Waals surface area contributed by atoms with Crippen LogP contribution in [0.15, 0.2) is 59.0 Å². The molecular weight excluding hydrogens is 342 g/mol. The van der Waals surface area contributed by atoms with Crippen LogP contribution in [0.1, 0.15) is 33.3 Å². The maximum atomic E-state index is 12.3. The van der Waals surface area contributed by atoms with E-state index in [2.05, 4.69) is 27.3 Å². The molecule has 0 fully saturated rings. The smallest absolute Gasteiger partial charge is 0.307 e. The van der Waals surface area contributed by atoms with Crippen molar-refractivity contribution in [1.29, 1.82) is 0 Å². The Labute approximate surface area is 157 Å². The molecule has 0 aliphatic carbocycles. The van der Waals surface area contributed by atoms with Crippen LogP contribution >= 0.6 is 0 Å². The second-order valence-electron chi connectivity index (χ2n) is 6.55. The van der Waals surface area contributed by atoms with E-state index in [4.69, 9.17) is 9.15 Å². The largest absolute Gasteiger partial charge is 0.497 e. The van der Waals surface area contributed by atoms with Gasteiger partial charge in [-0.15, -0.1) is 0 Å². The fourth-order valence-electron chi connectivity index (χ4n) is 3.19. The highest BCUT2D eigenvalue weighted by Gasteiger charge is 2.27. The second-order valence-corrected chi connectivity index (χ2v) is 6.55. The lowest BCUT2D eigenvalue weighted by Crippen LogP contribution is -2.23. The molecule has 2 aromatic carbocycles. The van der Waals surface area contributed by atoms with Crippen molar-refractivity contribution in [2.45, 2.75) is 26.2 Å². The molecule has 27 heavy (non-hydrogen) atoms. The summed E-state index contributed by atoms with van der Waals surface area (Å²) in [5.41, 5.74) is 3.05. The van der Waals surface area contributed by atoms with E-state index in [-0.39, 0.29) is 11.8 Å². The molecule has 0 spiro atoms. The molecular formula is C21H21N3O3. The summed E-state index contributed by atoms with van der Waals surface area (Å²) in [6, 6.07) is 17.9. The van der Waals surface area contributed by atoms with E-state index in [1.165, 1.54) is 5.56 Å². The summed E-state index contributed by atoms with van der Waals surface area (Å²) < 4.78 is 10.9. The van der Waals surface area contributed by atoms with Crippen LogP contribution in [-0.4, -0.2) is 22.9 Å². The molecule has 1 amide bonds. The van der Waals surface area contributed by atoms with E-state index in [1.807, 2.05) is 42.5 Å². The molecule has 0 saturated carbocycles. The van der Waals surface area contributed by atoms with Gasteiger partial charge in [0.15, 0.2) is 0 Å². The molecule has 0 unspecified atom stereocenters. The zero-order valence-corrected chi connectivity index (χ0v) is 15.1. The summed E-state index contributed by atoms with van der Waals surface area (Å²) >= 11 is 0. The minimum Gasteiger partial charge on any atom is -0.497 e. The average Bonchev–Trinajstić information content (AvgIpc) is 3.26. The Morgan fingerprint density at radius 2 is 1.96 bits per heavy atom. The van der Waals surface area contributed by atoms with Crippen molar-refractivity contribution < 1.29 is 13.9 Å². The Morgan fingerprint density at radius 1 is 1.15 bits per heavy atom. The van der Waals surface area contributed by atoms with Crippen LogP contribution in [0.5, 0.6) is 5.75 Å². The van der Waals surface area contributed by atoms with Crippen molar-refractivity contribution in [3.8, 4) is 5.75 Å². The van der Waals surface area contributed by atoms with Gasteiger partial charge in [-0.1, -0.05) is 42.5 Å². The Hall–Kier alpha value is -3.12. The molecule has 0 saturated heterocycles. The van der Waals surface area contributed by atoms with Gasteiger partial charge >= 0.3 is 5.91 Å². The van der Waals surface area contributed by atoms with E-state index in [9.17, 15) is 4.79 Å². The standard InChI is InChI=1S/C21H21N3O3/c1-26-17-9-5-8-16(10-17)11-22-20(25)21-23-18-13-24(14-19(18)27-21)12-15-6-3-2-4-7-15/h2-10H,11-14H2,1H3,(H,22,25). The number of oxazole rings is 1. The highest BCUT2D eigenvalue weighted by Crippen LogP contribution is 2.25. The maximum absolute atomic E-state index is 12.3. The first-order chi connectivity index (χ1) is 13.2. The fraction of sp³-hybridized carbons (Fsp3) is 0.238. The molecule has 1 aromatic heterocycles. The second kappa shape index (κ2) is 7.63. The number of hydrogen-bond acceptors (Lipinski definition) is 5. The van der Waals surface area contributed by atoms with Crippen LogP contribution in [0.3, 0.4) is 0 Å². The van der Waals surface area contributed by atoms with E-state index in [1.54, 1.807) is 7.11 Å². The summed E-state index contributed by atoms with van der Waals surface area (Å²) in [6.07, 6.45) is 0. The monoisotopic (exact) mass is 363 g/mol. The number of carbonyl (C=O) groups excluding carboxylic acids is 1. The highest BCUT2D eigenvalue weighted by atomic mass is 16.5. The van der Waals surface area contributed by atoms with Crippen LogP contribution in [0.4, 0.5) is 0 Å². The first-order valence-corrected chi connectivity index (χ1v) is 8.87. The third-order valence-corrected chi connectivity index (χ3v) is 4.55. The molecule has 3 aromatic rings. The molecule has 6 nitrogen and oxygen atoms in total. The number of hydrogen-bond donors (Lipinski definition) is 1. The first-order valence-electron chi connectivity index (χ1n) is 8.87. The molecule has 1 N–H and O–H groups in total. The summed E-state index contributed by atoms with van der Waals surface area (Å²) in [6.45, 7) is 2.59. The van der Waals surface area contributed by atoms with Crippen LogP contribution < -0.4 is 10.1 Å². The molecule has 0 radical (unpaired) electrons. The van der Waals surface area contributed by atoms with Gasteiger partial charge in [-0.3, -0.25) is 9.69 Å². The Balaban J connectivity index is 1.34. The summed E-state index contributed by atoms with van der Waals surface area (Å²) in [7, 11) is 1.62. The van der Waals surface area contributed by atoms with E-state index in [0.29, 0.717) is 19.6 Å². The van der Waals surface area contributed by atoms with Gasteiger partial charge in [0.05, 0.1) is 19.3 Å². The molecule has 2 heterocycles. The lowest BCUT2D eigenvalue weighted by molar-refractivity contribution is 0.0911. The number of aromatic nitrogens is 1. The summed E-state index contributed by atoms with van der Waals surface area (Å²) in [4.78, 5) is 19.0. The summed E-state index contributed by atoms with van der Waals surface area (Å²) in [5.74, 6) is 1.36. The number of benzene rings is 2. The third-order valence-electron chi connectivity index (χ3n) is 4.55. The molecule has 4 rings (SSSR count). The van der Waals surface area contributed by atoms with Crippen molar-refractivity contribution in [1.82, 2.24) is 15.2 Å². The molecule has 6 heteroatoms. The van der Waals surface area contributed by atoms with Gasteiger partial charge in [-0.2, -0.15) is 0 Å². The fourth-order valence-corrected chi connectivity index (χ4v) is 3.19. The minimum absolute atomic E-state index is 0.127. The number of carbonyl (C=O) groups is 1. The number of ether oxygens (including phenoxy) is 1. The van der Waals surface area contributed by atoms with Crippen molar-refractivity contribution in [2.75, 3.05) is 7.11 Å². The Kier molecular flexibility index (Phi) is 4.89. The van der Waals surface area contributed by atoms with E-state index >= 15 is 0 Å². The lowest BCUT2D eigenvalue weighted by atomic mass is 10.2. The molecule has 0 bridgehead atoms. The van der Waals surface area contributed by atoms with Crippen molar-refractivity contribution in [3.63, 3.8) is 0 Å². The normalized spacial score (nSPS) is 13.4. The van der Waals surface area contributed by atoms with Gasteiger partial charge in [0.25, 0.3) is 5.89 Å². The number of amides is 1. The first kappa shape index (κ1) is 17.3. The quantitative estimate of drug-likeness (QED) is 0.729. The molecule has 1 aliphatic heterocycles. The van der Waals surface area contributed by atoms with E-state index in [0.717, 1.165) is 29.3 Å². The molecule has 0 atom stereocenters. The summed E-state index contributed by atoms with van der Waals surface area (Å²) in [5, 5.41) is 2.84. The zero-order valence-electron chi connectivity index (χ0n) is 15.1. The SMILES string of the molecule is COc1cccc(CNC(=O)c2nc3c(o2)CN(Cc2ccccc2)C3)c1. The Morgan fingerprint density at radius 3 is 2.74 bits per heavy atom. The van der Waals surface area contributed by atoms with Gasteiger partial charge in [-0.25, -0.2) is 4.98 Å². The van der Waals surface area contributed by atoms with Gasteiger partial charge in [-0.05, 0) is 23.3 Å². The number of nitrogens with one attached hydrogen (secondary N) is 1. The highest BCUT2D eigenvalue weighted by molar-refractivity contribution is 5.89. The van der Waals surface area contributed by atoms with E-state index < -0.39 is 0 Å². The topological polar surface area (TPSA) is 67.6 Å². The van der Waals surface area contributed by atoms with Gasteiger partial charge in [0, 0.05) is 19.6 Å². The van der Waals surface area contributed by atoms with Crippen LogP contribution in [0.25, 0.3) is 0 Å². The van der Waals surface area contributed by atoms with Crippen LogP contribution in [-0.2, 0) is 26.2 Å². The maximum Gasteiger partial charge on any atom is 0.307 e. The lowest BCUT2D eigenvalue weighted by Gasteiger charge is -2.14. The molecule has 138 valence electrons. The number of methoxy groups -OCH3 is 1.